The second-order valence-corrected chi connectivity index (χ2v) is 13.0. The Balaban J connectivity index is 4.37. The normalized spacial score (nSPS) is 15.0. The summed E-state index contributed by atoms with van der Waals surface area (Å²) in [6.07, 6.45) is 21.3. The first-order valence-electron chi connectivity index (χ1n) is 15.5. The van der Waals surface area contributed by atoms with E-state index in [1.807, 2.05) is 0 Å². The highest BCUT2D eigenvalue weighted by Gasteiger charge is 2.49. The number of ether oxygens (including phenoxy) is 3. The maximum absolute atomic E-state index is 12.0. The van der Waals surface area contributed by atoms with Crippen LogP contribution in [0, 0.1) is 0 Å². The first-order valence-corrected chi connectivity index (χ1v) is 17.5. The Morgan fingerprint density at radius 3 is 1.84 bits per heavy atom. The molecule has 1 N–H and O–H groups in total. The molecule has 0 radical (unpaired) electrons. The molecule has 0 heterocycles. The molecule has 0 saturated carbocycles. The smallest absolute Gasteiger partial charge is 0.455 e. The maximum Gasteiger partial charge on any atom is 0.470 e. The lowest BCUT2D eigenvalue weighted by Gasteiger charge is -2.24. The lowest BCUT2D eigenvalue weighted by Crippen LogP contribution is -2.39. The van der Waals surface area contributed by atoms with E-state index in [1.165, 1.54) is 108 Å². The van der Waals surface area contributed by atoms with Gasteiger partial charge in [0.1, 0.15) is 0 Å². The molecule has 0 saturated heterocycles. The summed E-state index contributed by atoms with van der Waals surface area (Å²) in [5.74, 6) is 0.171. The van der Waals surface area contributed by atoms with Gasteiger partial charge in [0.25, 0.3) is 0 Å². The summed E-state index contributed by atoms with van der Waals surface area (Å²) in [6, 6.07) is 0. The van der Waals surface area contributed by atoms with Gasteiger partial charge in [-0.1, -0.05) is 108 Å². The monoisotopic (exact) mass is 579 g/mol. The van der Waals surface area contributed by atoms with Crippen molar-refractivity contribution in [1.29, 1.82) is 0 Å². The highest BCUT2D eigenvalue weighted by Crippen LogP contribution is 2.26. The van der Waals surface area contributed by atoms with E-state index in [2.05, 4.69) is 32.5 Å². The van der Waals surface area contributed by atoms with Crippen molar-refractivity contribution in [2.75, 3.05) is 19.0 Å². The maximum atomic E-state index is 12.0. The molecule has 0 bridgehead atoms. The van der Waals surface area contributed by atoms with Crippen LogP contribution in [0.4, 0.5) is 0 Å². The van der Waals surface area contributed by atoms with Gasteiger partial charge in [-0.3, -0.25) is 0 Å². The van der Waals surface area contributed by atoms with Crippen molar-refractivity contribution >= 4 is 26.2 Å². The van der Waals surface area contributed by atoms with Crippen LogP contribution in [-0.4, -0.2) is 53.0 Å². The van der Waals surface area contributed by atoms with Gasteiger partial charge in [0, 0.05) is 11.9 Å². The molecule has 0 amide bonds. The quantitative estimate of drug-likeness (QED) is 0.0429. The molecule has 0 aromatic heterocycles. The van der Waals surface area contributed by atoms with E-state index in [4.69, 9.17) is 14.2 Å². The molecule has 226 valence electrons. The van der Waals surface area contributed by atoms with Crippen molar-refractivity contribution in [3.63, 3.8) is 0 Å². The molecule has 4 atom stereocenters. The predicted molar refractivity (Wildman–Crippen MR) is 163 cm³/mol. The van der Waals surface area contributed by atoms with Gasteiger partial charge in [-0.05, 0) is 45.8 Å². The summed E-state index contributed by atoms with van der Waals surface area (Å²) >= 11 is 2.06. The molecule has 0 spiro atoms. The average molecular weight is 580 g/mol. The van der Waals surface area contributed by atoms with Crippen LogP contribution in [0.3, 0.4) is 0 Å². The van der Waals surface area contributed by atoms with Crippen LogP contribution in [0.25, 0.3) is 0 Å². The van der Waals surface area contributed by atoms with Gasteiger partial charge in [-0.15, -0.1) is 0 Å². The number of hydrogen-bond donors (Lipinski definition) is 1. The largest absolute Gasteiger partial charge is 0.470 e. The van der Waals surface area contributed by atoms with Gasteiger partial charge in [-0.25, -0.2) is 4.79 Å². The number of aliphatic hydroxyl groups is 1. The Morgan fingerprint density at radius 2 is 1.32 bits per heavy atom. The number of carbonyl (C=O) groups excluding carboxylic acids is 1. The van der Waals surface area contributed by atoms with Gasteiger partial charge >= 0.3 is 20.0 Å². The number of hydrogen-bond acceptors (Lipinski definition) is 7. The molecule has 0 aromatic rings. The van der Waals surface area contributed by atoms with Crippen LogP contribution >= 0.6 is 20.2 Å². The fraction of sp³-hybridized carbons (Fsp3) is 0.967. The van der Waals surface area contributed by atoms with Crippen LogP contribution in [0.5, 0.6) is 0 Å². The van der Waals surface area contributed by atoms with E-state index in [1.54, 1.807) is 13.8 Å². The Kier molecular flexibility index (Phi) is 25.6. The Hall–Kier alpha value is -0.200. The van der Waals surface area contributed by atoms with E-state index < -0.39 is 26.1 Å². The fourth-order valence-electron chi connectivity index (χ4n) is 4.31. The molecule has 0 fully saturated rings. The van der Waals surface area contributed by atoms with Crippen molar-refractivity contribution in [2.45, 2.75) is 167 Å². The second-order valence-electron chi connectivity index (χ2n) is 10.8. The highest BCUT2D eigenvalue weighted by molar-refractivity contribution is 7.99. The standard InChI is InChI=1S/C30H59O6PS/c1-6-8-10-12-14-15-16-18-20-25-38-28(22-19-17-13-11-9-7-2)27(5)34-23-21-24-35-30(32,37-33)29(31)36-26(3)4/h26-28,32H,6-25H2,1-5H3/p+1. The summed E-state index contributed by atoms with van der Waals surface area (Å²) in [5, 5.41) is 10.7. The fourth-order valence-corrected chi connectivity index (χ4v) is 5.97. The molecule has 8 heteroatoms. The summed E-state index contributed by atoms with van der Waals surface area (Å²) in [7, 11) is -1.35. The summed E-state index contributed by atoms with van der Waals surface area (Å²) in [5.41, 5.74) is -2.40. The van der Waals surface area contributed by atoms with Crippen molar-refractivity contribution in [3.05, 3.63) is 0 Å². The number of unbranched alkanes of at least 4 members (excludes halogenated alkanes) is 13. The zero-order chi connectivity index (χ0) is 28.5. The first-order chi connectivity index (χ1) is 18.3. The van der Waals surface area contributed by atoms with Gasteiger partial charge in [-0.2, -0.15) is 11.8 Å². The third-order valence-electron chi connectivity index (χ3n) is 6.68. The van der Waals surface area contributed by atoms with Crippen LogP contribution < -0.4 is 0 Å². The molecule has 0 rings (SSSR count). The Bertz CT molecular complexity index is 565. The van der Waals surface area contributed by atoms with Crippen molar-refractivity contribution < 1.29 is 28.7 Å². The van der Waals surface area contributed by atoms with Gasteiger partial charge in [0.05, 0.1) is 18.8 Å². The Morgan fingerprint density at radius 1 is 0.789 bits per heavy atom. The van der Waals surface area contributed by atoms with Crippen molar-refractivity contribution in [3.8, 4) is 0 Å². The average Bonchev–Trinajstić information content (AvgIpc) is 2.89. The number of carbonyl (C=O) groups is 1. The highest BCUT2D eigenvalue weighted by atomic mass is 32.2. The van der Waals surface area contributed by atoms with E-state index in [9.17, 15) is 14.5 Å². The molecule has 38 heavy (non-hydrogen) atoms. The molecule has 4 unspecified atom stereocenters. The minimum absolute atomic E-state index is 0.0688. The first kappa shape index (κ1) is 37.8. The number of thioether (sulfide) groups is 1. The Labute approximate surface area is 240 Å². The summed E-state index contributed by atoms with van der Waals surface area (Å²) in [4.78, 5) is 12.0. The van der Waals surface area contributed by atoms with Crippen molar-refractivity contribution in [1.82, 2.24) is 0 Å². The minimum atomic E-state index is -2.40. The van der Waals surface area contributed by atoms with Crippen LogP contribution in [0.2, 0.25) is 0 Å². The molecule has 6 nitrogen and oxygen atoms in total. The molecule has 0 aliphatic heterocycles. The number of rotatable bonds is 28. The SMILES string of the molecule is CCCCCCCCCCCSC(CCCCCCCC)C(C)OCCCOC(O)([PH+]=O)C(=O)OC(C)C. The second kappa shape index (κ2) is 25.7. The van der Waals surface area contributed by atoms with Crippen LogP contribution in [0.1, 0.15) is 144 Å². The summed E-state index contributed by atoms with van der Waals surface area (Å²) < 4.78 is 27.7. The number of esters is 1. The molecule has 0 aliphatic rings. The van der Waals surface area contributed by atoms with Gasteiger partial charge in [0.15, 0.2) is 0 Å². The van der Waals surface area contributed by atoms with E-state index in [-0.39, 0.29) is 12.7 Å². The third-order valence-corrected chi connectivity index (χ3v) is 8.88. The lowest BCUT2D eigenvalue weighted by atomic mass is 10.1. The minimum Gasteiger partial charge on any atom is -0.455 e. The molecule has 0 aliphatic carbocycles. The van der Waals surface area contributed by atoms with Gasteiger partial charge in [0.2, 0.25) is 0 Å². The van der Waals surface area contributed by atoms with E-state index >= 15 is 0 Å². The zero-order valence-corrected chi connectivity index (χ0v) is 27.1. The molecular weight excluding hydrogens is 519 g/mol. The predicted octanol–water partition coefficient (Wildman–Crippen LogP) is 8.80. The van der Waals surface area contributed by atoms with Crippen molar-refractivity contribution in [2.24, 2.45) is 0 Å². The summed E-state index contributed by atoms with van der Waals surface area (Å²) in [6.45, 7) is 10.5. The van der Waals surface area contributed by atoms with Crippen LogP contribution in [0.15, 0.2) is 0 Å². The van der Waals surface area contributed by atoms with E-state index in [0.717, 1.165) is 0 Å². The topological polar surface area (TPSA) is 82.1 Å². The lowest BCUT2D eigenvalue weighted by molar-refractivity contribution is -0.199. The van der Waals surface area contributed by atoms with Gasteiger partial charge < -0.3 is 19.3 Å². The van der Waals surface area contributed by atoms with Crippen LogP contribution in [-0.2, 0) is 23.6 Å². The third kappa shape index (κ3) is 20.7. The molecular formula is C30H60O6PS+. The zero-order valence-electron chi connectivity index (χ0n) is 25.3. The molecule has 0 aromatic carbocycles. The van der Waals surface area contributed by atoms with E-state index in [0.29, 0.717) is 18.3 Å².